The van der Waals surface area contributed by atoms with Crippen LogP contribution in [0.1, 0.15) is 19.4 Å². The highest BCUT2D eigenvalue weighted by Gasteiger charge is 2.36. The van der Waals surface area contributed by atoms with Crippen LogP contribution in [-0.4, -0.2) is 13.2 Å². The Hall–Kier alpha value is -0.670. The number of hydrogen-bond donors (Lipinski definition) is 1. The Kier molecular flexibility index (Phi) is 3.69. The zero-order chi connectivity index (χ0) is 12.4. The maximum Gasteiger partial charge on any atom is 0.405 e. The van der Waals surface area contributed by atoms with Crippen LogP contribution in [0.15, 0.2) is 30.3 Å². The van der Waals surface area contributed by atoms with E-state index in [1.807, 2.05) is 44.2 Å². The third-order valence-electron chi connectivity index (χ3n) is 2.57. The predicted molar refractivity (Wildman–Crippen MR) is 66.6 cm³/mol. The van der Waals surface area contributed by atoms with E-state index < -0.39 is 7.75 Å². The lowest BCUT2D eigenvalue weighted by atomic mass is 9.97. The summed E-state index contributed by atoms with van der Waals surface area (Å²) in [5.41, 5.74) is 0.988. The number of hydrogen-bond acceptors (Lipinski definition) is 3. The van der Waals surface area contributed by atoms with E-state index in [1.54, 1.807) is 0 Å². The summed E-state index contributed by atoms with van der Waals surface area (Å²) in [6.07, 6.45) is 0. The van der Waals surface area contributed by atoms with Gasteiger partial charge >= 0.3 is 7.75 Å². The third-order valence-corrected chi connectivity index (χ3v) is 4.05. The van der Waals surface area contributed by atoms with Crippen LogP contribution in [0.2, 0.25) is 0 Å². The summed E-state index contributed by atoms with van der Waals surface area (Å²) in [7, 11) is -3.11. The fraction of sp³-hybridized carbons (Fsp3) is 0.500. The molecule has 0 amide bonds. The van der Waals surface area contributed by atoms with Crippen LogP contribution < -0.4 is 5.09 Å². The molecule has 5 heteroatoms. The first kappa shape index (κ1) is 12.8. The molecule has 0 aliphatic carbocycles. The van der Waals surface area contributed by atoms with Gasteiger partial charge in [0, 0.05) is 12.0 Å². The van der Waals surface area contributed by atoms with Gasteiger partial charge in [0.2, 0.25) is 0 Å². The summed E-state index contributed by atoms with van der Waals surface area (Å²) >= 11 is 0. The van der Waals surface area contributed by atoms with Crippen molar-refractivity contribution in [3.05, 3.63) is 35.9 Å². The van der Waals surface area contributed by atoms with Gasteiger partial charge in [0.1, 0.15) is 0 Å². The molecule has 0 aromatic heterocycles. The quantitative estimate of drug-likeness (QED) is 0.843. The number of benzene rings is 1. The summed E-state index contributed by atoms with van der Waals surface area (Å²) in [5, 5.41) is 2.86. The molecule has 0 radical (unpaired) electrons. The first-order valence-electron chi connectivity index (χ1n) is 5.67. The third kappa shape index (κ3) is 3.65. The molecule has 0 spiro atoms. The molecule has 1 aliphatic heterocycles. The average Bonchev–Trinajstić information content (AvgIpc) is 2.33. The molecule has 1 fully saturated rings. The molecule has 0 atom stereocenters. The minimum atomic E-state index is -3.11. The highest BCUT2D eigenvalue weighted by atomic mass is 31.2. The van der Waals surface area contributed by atoms with E-state index in [4.69, 9.17) is 9.05 Å². The van der Waals surface area contributed by atoms with Crippen molar-refractivity contribution in [3.8, 4) is 0 Å². The second-order valence-corrected chi connectivity index (χ2v) is 6.86. The zero-order valence-corrected chi connectivity index (χ0v) is 11.1. The van der Waals surface area contributed by atoms with Gasteiger partial charge in [0.25, 0.3) is 0 Å². The molecule has 0 saturated carbocycles. The Bertz CT molecular complexity index is 405. The van der Waals surface area contributed by atoms with Crippen LogP contribution in [0.5, 0.6) is 0 Å². The Balaban J connectivity index is 1.90. The SMILES string of the molecule is CC1(C)COP(=O)(NCc2ccccc2)OC1. The van der Waals surface area contributed by atoms with E-state index in [0.29, 0.717) is 19.8 Å². The van der Waals surface area contributed by atoms with Gasteiger partial charge in [-0.3, -0.25) is 9.05 Å². The second kappa shape index (κ2) is 4.91. The average molecular weight is 255 g/mol. The Labute approximate surface area is 102 Å². The summed E-state index contributed by atoms with van der Waals surface area (Å²) < 4.78 is 22.8. The van der Waals surface area contributed by atoms with Crippen LogP contribution in [0.4, 0.5) is 0 Å². The maximum atomic E-state index is 12.1. The maximum absolute atomic E-state index is 12.1. The predicted octanol–water partition coefficient (Wildman–Crippen LogP) is 2.96. The fourth-order valence-electron chi connectivity index (χ4n) is 1.47. The highest BCUT2D eigenvalue weighted by Crippen LogP contribution is 2.50. The molecule has 94 valence electrons. The lowest BCUT2D eigenvalue weighted by Gasteiger charge is -2.33. The van der Waals surface area contributed by atoms with Crippen LogP contribution >= 0.6 is 7.75 Å². The van der Waals surface area contributed by atoms with Gasteiger partial charge in [0.05, 0.1) is 13.2 Å². The largest absolute Gasteiger partial charge is 0.405 e. The van der Waals surface area contributed by atoms with Crippen molar-refractivity contribution in [2.24, 2.45) is 5.41 Å². The van der Waals surface area contributed by atoms with E-state index in [-0.39, 0.29) is 5.41 Å². The molecule has 17 heavy (non-hydrogen) atoms. The van der Waals surface area contributed by atoms with Gasteiger partial charge in [0.15, 0.2) is 0 Å². The molecule has 1 aliphatic rings. The Morgan fingerprint density at radius 1 is 1.24 bits per heavy atom. The summed E-state index contributed by atoms with van der Waals surface area (Å²) in [6.45, 7) is 5.43. The van der Waals surface area contributed by atoms with E-state index >= 15 is 0 Å². The van der Waals surface area contributed by atoms with Gasteiger partial charge in [-0.2, -0.15) is 0 Å². The second-order valence-electron chi connectivity index (χ2n) is 5.03. The number of nitrogens with one attached hydrogen (secondary N) is 1. The van der Waals surface area contributed by atoms with Crippen LogP contribution in [0, 0.1) is 5.41 Å². The Morgan fingerprint density at radius 2 is 1.82 bits per heavy atom. The van der Waals surface area contributed by atoms with Crippen LogP contribution in [0.25, 0.3) is 0 Å². The van der Waals surface area contributed by atoms with Crippen molar-refractivity contribution in [1.82, 2.24) is 5.09 Å². The minimum absolute atomic E-state index is 0.0671. The molecule has 1 heterocycles. The molecule has 4 nitrogen and oxygen atoms in total. The fourth-order valence-corrected chi connectivity index (χ4v) is 3.15. The van der Waals surface area contributed by atoms with Crippen molar-refractivity contribution in [3.63, 3.8) is 0 Å². The molecular formula is C12H18NO3P. The molecule has 1 aromatic carbocycles. The molecule has 1 aromatic rings. The van der Waals surface area contributed by atoms with Gasteiger partial charge in [-0.15, -0.1) is 0 Å². The number of rotatable bonds is 3. The van der Waals surface area contributed by atoms with E-state index in [9.17, 15) is 4.57 Å². The van der Waals surface area contributed by atoms with E-state index in [0.717, 1.165) is 5.56 Å². The normalized spacial score (nSPS) is 22.2. The van der Waals surface area contributed by atoms with Crippen LogP contribution in [0.3, 0.4) is 0 Å². The molecule has 1 saturated heterocycles. The van der Waals surface area contributed by atoms with Gasteiger partial charge in [-0.1, -0.05) is 44.2 Å². The summed E-state index contributed by atoms with van der Waals surface area (Å²) in [6, 6.07) is 9.76. The van der Waals surface area contributed by atoms with E-state index in [1.165, 1.54) is 0 Å². The van der Waals surface area contributed by atoms with E-state index in [2.05, 4.69) is 5.09 Å². The van der Waals surface area contributed by atoms with Crippen molar-refractivity contribution < 1.29 is 13.6 Å². The van der Waals surface area contributed by atoms with Crippen molar-refractivity contribution in [2.75, 3.05) is 13.2 Å². The highest BCUT2D eigenvalue weighted by molar-refractivity contribution is 7.51. The monoisotopic (exact) mass is 255 g/mol. The summed E-state index contributed by atoms with van der Waals surface area (Å²) in [5.74, 6) is 0. The van der Waals surface area contributed by atoms with Gasteiger partial charge < -0.3 is 0 Å². The van der Waals surface area contributed by atoms with Gasteiger partial charge in [-0.25, -0.2) is 9.65 Å². The van der Waals surface area contributed by atoms with Crippen LogP contribution in [-0.2, 0) is 20.2 Å². The lowest BCUT2D eigenvalue weighted by molar-refractivity contribution is 0.0370. The smallest absolute Gasteiger partial charge is 0.296 e. The molecule has 0 unspecified atom stereocenters. The Morgan fingerprint density at radius 3 is 2.41 bits per heavy atom. The zero-order valence-electron chi connectivity index (χ0n) is 10.2. The molecule has 2 rings (SSSR count). The standard InChI is InChI=1S/C12H18NO3P/c1-12(2)9-15-17(14,16-10-12)13-8-11-6-4-3-5-7-11/h3-7H,8-10H2,1-2H3,(H,13,14). The molecular weight excluding hydrogens is 237 g/mol. The summed E-state index contributed by atoms with van der Waals surface area (Å²) in [4.78, 5) is 0. The van der Waals surface area contributed by atoms with Crippen molar-refractivity contribution in [1.29, 1.82) is 0 Å². The first-order valence-corrected chi connectivity index (χ1v) is 7.22. The van der Waals surface area contributed by atoms with Gasteiger partial charge in [-0.05, 0) is 5.56 Å². The topological polar surface area (TPSA) is 47.6 Å². The lowest BCUT2D eigenvalue weighted by Crippen LogP contribution is -2.32. The van der Waals surface area contributed by atoms with Crippen molar-refractivity contribution >= 4 is 7.75 Å². The minimum Gasteiger partial charge on any atom is -0.296 e. The molecule has 0 bridgehead atoms. The first-order chi connectivity index (χ1) is 7.99. The van der Waals surface area contributed by atoms with Crippen molar-refractivity contribution in [2.45, 2.75) is 20.4 Å². The molecule has 1 N–H and O–H groups in total.